The molecule has 0 aliphatic carbocycles. The van der Waals surface area contributed by atoms with Gasteiger partial charge in [0.2, 0.25) is 5.91 Å². The van der Waals surface area contributed by atoms with Crippen LogP contribution in [-0.2, 0) is 17.8 Å². The fraction of sp³-hybridized carbons (Fsp3) is 0.500. The maximum Gasteiger partial charge on any atom is 0.325 e. The molecule has 0 aromatic carbocycles. The number of rotatable bonds is 8. The van der Waals surface area contributed by atoms with Crippen LogP contribution in [-0.4, -0.2) is 55.9 Å². The molecule has 0 bridgehead atoms. The first-order valence-corrected chi connectivity index (χ1v) is 8.58. The number of hydrogen-bond acceptors (Lipinski definition) is 6. The molecular weight excluding hydrogens is 338 g/mol. The van der Waals surface area contributed by atoms with Crippen LogP contribution in [0.1, 0.15) is 24.2 Å². The molecule has 6 N–H and O–H groups in total. The van der Waals surface area contributed by atoms with Gasteiger partial charge in [0.15, 0.2) is 0 Å². The minimum Gasteiger partial charge on any atom is -0.368 e. The minimum absolute atomic E-state index is 0.0156. The maximum absolute atomic E-state index is 11.6. The molecule has 1 fully saturated rings. The van der Waals surface area contributed by atoms with Crippen molar-refractivity contribution in [3.05, 3.63) is 50.8 Å². The molecule has 140 valence electrons. The lowest BCUT2D eigenvalue weighted by atomic mass is 10.1. The van der Waals surface area contributed by atoms with E-state index in [1.807, 2.05) is 0 Å². The van der Waals surface area contributed by atoms with Crippen LogP contribution in [0.15, 0.2) is 28.2 Å². The van der Waals surface area contributed by atoms with Gasteiger partial charge in [0.25, 0.3) is 5.56 Å². The van der Waals surface area contributed by atoms with Gasteiger partial charge in [0.05, 0.1) is 12.4 Å². The van der Waals surface area contributed by atoms with Crippen molar-refractivity contribution in [3.63, 3.8) is 0 Å². The Kier molecular flexibility index (Phi) is 5.64. The number of carbonyl (C=O) groups excluding carboxylic acids is 1. The first kappa shape index (κ1) is 18.1. The predicted octanol–water partition coefficient (Wildman–Crippen LogP) is -1.56. The molecule has 3 rings (SSSR count). The average Bonchev–Trinajstić information content (AvgIpc) is 3.23. The molecule has 2 atom stereocenters. The molecule has 2 aromatic rings. The summed E-state index contributed by atoms with van der Waals surface area (Å²) >= 11 is 0. The van der Waals surface area contributed by atoms with Crippen molar-refractivity contribution in [3.8, 4) is 0 Å². The molecule has 10 nitrogen and oxygen atoms in total. The van der Waals surface area contributed by atoms with Crippen molar-refractivity contribution in [2.24, 2.45) is 5.73 Å². The first-order valence-electron chi connectivity index (χ1n) is 8.58. The van der Waals surface area contributed by atoms with E-state index in [2.05, 4.69) is 30.2 Å². The number of nitrogens with zero attached hydrogens (tertiary/aromatic N) is 2. The summed E-state index contributed by atoms with van der Waals surface area (Å²) in [5.74, 6) is -0.304. The summed E-state index contributed by atoms with van der Waals surface area (Å²) in [7, 11) is 0. The lowest BCUT2D eigenvalue weighted by Crippen LogP contribution is -2.48. The van der Waals surface area contributed by atoms with Crippen LogP contribution >= 0.6 is 0 Å². The number of aromatic nitrogens is 4. The van der Waals surface area contributed by atoms with Crippen molar-refractivity contribution in [2.75, 3.05) is 13.1 Å². The van der Waals surface area contributed by atoms with E-state index in [0.29, 0.717) is 25.2 Å². The van der Waals surface area contributed by atoms with Gasteiger partial charge >= 0.3 is 5.69 Å². The third-order valence-electron chi connectivity index (χ3n) is 4.57. The second-order valence-corrected chi connectivity index (χ2v) is 6.53. The highest BCUT2D eigenvalue weighted by atomic mass is 16.2. The van der Waals surface area contributed by atoms with Gasteiger partial charge in [-0.3, -0.25) is 19.5 Å². The molecule has 10 heteroatoms. The van der Waals surface area contributed by atoms with Gasteiger partial charge in [-0.15, -0.1) is 0 Å². The fourth-order valence-corrected chi connectivity index (χ4v) is 3.38. The van der Waals surface area contributed by atoms with Crippen LogP contribution in [0.3, 0.4) is 0 Å². The molecule has 3 heterocycles. The summed E-state index contributed by atoms with van der Waals surface area (Å²) in [4.78, 5) is 48.4. The summed E-state index contributed by atoms with van der Waals surface area (Å²) < 4.78 is 0. The number of H-pyrrole nitrogens is 3. The summed E-state index contributed by atoms with van der Waals surface area (Å²) in [6.07, 6.45) is 5.73. The highest BCUT2D eigenvalue weighted by Crippen LogP contribution is 2.17. The van der Waals surface area contributed by atoms with Crippen LogP contribution in [0.5, 0.6) is 0 Å². The SMILES string of the molecule is NC(=O)C1CCCN1CC(Cc1cnc[nH]1)NCc1cc(=O)[nH]c(=O)[nH]1. The van der Waals surface area contributed by atoms with Crippen molar-refractivity contribution in [2.45, 2.75) is 37.9 Å². The summed E-state index contributed by atoms with van der Waals surface area (Å²) in [6.45, 7) is 1.77. The Labute approximate surface area is 149 Å². The van der Waals surface area contributed by atoms with Crippen molar-refractivity contribution in [1.82, 2.24) is 30.2 Å². The number of primary amides is 1. The van der Waals surface area contributed by atoms with Gasteiger partial charge in [0, 0.05) is 49.2 Å². The van der Waals surface area contributed by atoms with Crippen molar-refractivity contribution < 1.29 is 4.79 Å². The van der Waals surface area contributed by atoms with Gasteiger partial charge in [0.1, 0.15) is 0 Å². The molecule has 0 radical (unpaired) electrons. The number of amides is 1. The molecule has 1 aliphatic heterocycles. The van der Waals surface area contributed by atoms with Crippen molar-refractivity contribution in [1.29, 1.82) is 0 Å². The number of hydrogen-bond donors (Lipinski definition) is 5. The number of nitrogens with one attached hydrogen (secondary N) is 4. The third-order valence-corrected chi connectivity index (χ3v) is 4.57. The second-order valence-electron chi connectivity index (χ2n) is 6.53. The third kappa shape index (κ3) is 4.67. The molecule has 2 aromatic heterocycles. The number of imidazole rings is 1. The Hall–Kier alpha value is -2.72. The Morgan fingerprint density at radius 1 is 1.38 bits per heavy atom. The normalized spacial score (nSPS) is 18.8. The zero-order chi connectivity index (χ0) is 18.5. The van der Waals surface area contributed by atoms with Gasteiger partial charge < -0.3 is 21.0 Å². The average molecular weight is 361 g/mol. The maximum atomic E-state index is 11.6. The summed E-state index contributed by atoms with van der Waals surface area (Å²) in [6, 6.07) is 1.09. The molecule has 0 spiro atoms. The Bertz CT molecular complexity index is 814. The topological polar surface area (TPSA) is 153 Å². The molecule has 2 unspecified atom stereocenters. The smallest absolute Gasteiger partial charge is 0.325 e. The summed E-state index contributed by atoms with van der Waals surface area (Å²) in [5, 5.41) is 3.35. The Morgan fingerprint density at radius 3 is 2.92 bits per heavy atom. The van der Waals surface area contributed by atoms with Crippen LogP contribution in [0, 0.1) is 0 Å². The zero-order valence-electron chi connectivity index (χ0n) is 14.3. The van der Waals surface area contributed by atoms with Gasteiger partial charge in [-0.2, -0.15) is 0 Å². The molecule has 1 saturated heterocycles. The lowest BCUT2D eigenvalue weighted by molar-refractivity contribution is -0.122. The summed E-state index contributed by atoms with van der Waals surface area (Å²) in [5.41, 5.74) is 5.98. The van der Waals surface area contributed by atoms with E-state index in [0.717, 1.165) is 25.1 Å². The van der Waals surface area contributed by atoms with Gasteiger partial charge in [-0.25, -0.2) is 9.78 Å². The zero-order valence-corrected chi connectivity index (χ0v) is 14.3. The van der Waals surface area contributed by atoms with Crippen LogP contribution < -0.4 is 22.3 Å². The fourth-order valence-electron chi connectivity index (χ4n) is 3.38. The van der Waals surface area contributed by atoms with Gasteiger partial charge in [-0.05, 0) is 19.4 Å². The van der Waals surface area contributed by atoms with E-state index in [1.54, 1.807) is 12.5 Å². The highest BCUT2D eigenvalue weighted by molar-refractivity contribution is 5.80. The molecular formula is C16H23N7O3. The largest absolute Gasteiger partial charge is 0.368 e. The Balaban J connectivity index is 1.69. The number of aromatic amines is 3. The van der Waals surface area contributed by atoms with Gasteiger partial charge in [-0.1, -0.05) is 0 Å². The molecule has 1 aliphatic rings. The van der Waals surface area contributed by atoms with Crippen LogP contribution in [0.2, 0.25) is 0 Å². The standard InChI is InChI=1S/C16H23N7O3/c17-15(25)13-2-1-3-23(13)8-12(4-10-6-18-9-20-10)19-7-11-5-14(24)22-16(26)21-11/h5-6,9,12-13,19H,1-4,7-8H2,(H2,17,25)(H,18,20)(H2,21,22,24,26). The lowest BCUT2D eigenvalue weighted by Gasteiger charge is -2.28. The monoisotopic (exact) mass is 361 g/mol. The van der Waals surface area contributed by atoms with E-state index in [-0.39, 0.29) is 18.0 Å². The van der Waals surface area contributed by atoms with E-state index in [9.17, 15) is 14.4 Å². The highest BCUT2D eigenvalue weighted by Gasteiger charge is 2.30. The van der Waals surface area contributed by atoms with Crippen LogP contribution in [0.25, 0.3) is 0 Å². The molecule has 0 saturated carbocycles. The second kappa shape index (κ2) is 8.11. The van der Waals surface area contributed by atoms with E-state index >= 15 is 0 Å². The van der Waals surface area contributed by atoms with E-state index in [4.69, 9.17) is 5.73 Å². The van der Waals surface area contributed by atoms with Crippen LogP contribution in [0.4, 0.5) is 0 Å². The predicted molar refractivity (Wildman–Crippen MR) is 94.4 cm³/mol. The molecule has 1 amide bonds. The van der Waals surface area contributed by atoms with E-state index in [1.165, 1.54) is 6.07 Å². The Morgan fingerprint density at radius 2 is 2.23 bits per heavy atom. The quantitative estimate of drug-likeness (QED) is 0.383. The first-order chi connectivity index (χ1) is 12.5. The molecule has 26 heavy (non-hydrogen) atoms. The minimum atomic E-state index is -0.534. The number of nitrogens with two attached hydrogens (primary N) is 1. The number of likely N-dealkylation sites (tertiary alicyclic amines) is 1. The van der Waals surface area contributed by atoms with E-state index < -0.39 is 11.2 Å². The number of carbonyl (C=O) groups is 1. The van der Waals surface area contributed by atoms with Crippen molar-refractivity contribution >= 4 is 5.91 Å².